The predicted octanol–water partition coefficient (Wildman–Crippen LogP) is 3.86. The summed E-state index contributed by atoms with van der Waals surface area (Å²) in [5, 5.41) is 10.9. The van der Waals surface area contributed by atoms with Crippen LogP contribution in [0, 0.1) is 34.6 Å². The number of anilines is 2. The predicted molar refractivity (Wildman–Crippen MR) is 60.7 cm³/mol. The molecule has 0 aliphatic heterocycles. The lowest BCUT2D eigenvalue weighted by atomic mass is 10.2. The lowest BCUT2D eigenvalue weighted by Gasteiger charge is -2.08. The van der Waals surface area contributed by atoms with Gasteiger partial charge in [0.2, 0.25) is 0 Å². The zero-order valence-electron chi connectivity index (χ0n) is 9.35. The molecule has 19 heavy (non-hydrogen) atoms. The van der Waals surface area contributed by atoms with E-state index in [0.717, 1.165) is 18.2 Å². The summed E-state index contributed by atoms with van der Waals surface area (Å²) in [6.45, 7) is 0. The Kier molecular flexibility index (Phi) is 3.38. The van der Waals surface area contributed by atoms with Gasteiger partial charge < -0.3 is 5.32 Å². The molecule has 0 aromatic heterocycles. The summed E-state index contributed by atoms with van der Waals surface area (Å²) < 4.78 is 52.4. The molecule has 6 heteroatoms. The second-order valence-corrected chi connectivity index (χ2v) is 3.65. The quantitative estimate of drug-likeness (QED) is 0.661. The van der Waals surface area contributed by atoms with Gasteiger partial charge in [0.1, 0.15) is 11.9 Å². The number of hydrogen-bond acceptors (Lipinski definition) is 2. The van der Waals surface area contributed by atoms with Gasteiger partial charge in [0.05, 0.1) is 11.3 Å². The van der Waals surface area contributed by atoms with Crippen molar-refractivity contribution in [1.29, 1.82) is 5.26 Å². The fourth-order valence-electron chi connectivity index (χ4n) is 1.46. The van der Waals surface area contributed by atoms with Crippen LogP contribution in [-0.4, -0.2) is 0 Å². The van der Waals surface area contributed by atoms with E-state index in [2.05, 4.69) is 5.32 Å². The number of rotatable bonds is 2. The van der Waals surface area contributed by atoms with Crippen LogP contribution in [0.4, 0.5) is 28.9 Å². The Labute approximate surface area is 105 Å². The molecule has 0 saturated heterocycles. The molecule has 0 heterocycles. The Morgan fingerprint density at radius 1 is 0.895 bits per heavy atom. The first-order chi connectivity index (χ1) is 9.02. The van der Waals surface area contributed by atoms with Gasteiger partial charge in [-0.3, -0.25) is 0 Å². The number of benzene rings is 2. The molecule has 2 nitrogen and oxygen atoms in total. The number of nitriles is 1. The molecule has 0 amide bonds. The van der Waals surface area contributed by atoms with Gasteiger partial charge in [-0.15, -0.1) is 0 Å². The molecule has 2 rings (SSSR count). The molecule has 1 N–H and O–H groups in total. The normalized spacial score (nSPS) is 10.1. The zero-order valence-corrected chi connectivity index (χ0v) is 9.35. The fraction of sp³-hybridized carbons (Fsp3) is 0. The highest BCUT2D eigenvalue weighted by Gasteiger charge is 2.13. The van der Waals surface area contributed by atoms with Crippen molar-refractivity contribution in [2.75, 3.05) is 5.32 Å². The standard InChI is InChI=1S/C13H6F4N2/c14-9-3-4-11(13(17)12(9)16)19-8-2-1-7(6-18)10(15)5-8/h1-5,19H. The lowest BCUT2D eigenvalue weighted by molar-refractivity contribution is 0.449. The van der Waals surface area contributed by atoms with Crippen molar-refractivity contribution in [1.82, 2.24) is 0 Å². The molecule has 96 valence electrons. The summed E-state index contributed by atoms with van der Waals surface area (Å²) >= 11 is 0. The maximum Gasteiger partial charge on any atom is 0.196 e. The Bertz CT molecular complexity index is 677. The van der Waals surface area contributed by atoms with Crippen molar-refractivity contribution in [2.24, 2.45) is 0 Å². The first-order valence-corrected chi connectivity index (χ1v) is 5.13. The number of nitrogens with zero attached hydrogens (tertiary/aromatic N) is 1. The van der Waals surface area contributed by atoms with E-state index < -0.39 is 23.3 Å². The third-order valence-corrected chi connectivity index (χ3v) is 2.40. The Morgan fingerprint density at radius 3 is 2.26 bits per heavy atom. The average molecular weight is 266 g/mol. The van der Waals surface area contributed by atoms with Crippen molar-refractivity contribution in [3.05, 3.63) is 59.2 Å². The molecule has 0 aliphatic rings. The largest absolute Gasteiger partial charge is 0.353 e. The Hall–Kier alpha value is -2.55. The van der Waals surface area contributed by atoms with Gasteiger partial charge in [-0.05, 0) is 30.3 Å². The minimum absolute atomic E-state index is 0.112. The van der Waals surface area contributed by atoms with Gasteiger partial charge in [0.25, 0.3) is 0 Å². The Morgan fingerprint density at radius 2 is 1.63 bits per heavy atom. The van der Waals surface area contributed by atoms with E-state index in [9.17, 15) is 17.6 Å². The molecule has 2 aromatic rings. The third-order valence-electron chi connectivity index (χ3n) is 2.40. The lowest BCUT2D eigenvalue weighted by Crippen LogP contribution is -1.99. The molecular weight excluding hydrogens is 260 g/mol. The summed E-state index contributed by atoms with van der Waals surface area (Å²) in [7, 11) is 0. The summed E-state index contributed by atoms with van der Waals surface area (Å²) in [6, 6.07) is 6.84. The summed E-state index contributed by atoms with van der Waals surface area (Å²) in [5.74, 6) is -5.12. The second-order valence-electron chi connectivity index (χ2n) is 3.65. The van der Waals surface area contributed by atoms with Crippen LogP contribution in [0.2, 0.25) is 0 Å². The summed E-state index contributed by atoms with van der Waals surface area (Å²) in [6.07, 6.45) is 0. The van der Waals surface area contributed by atoms with Crippen LogP contribution in [0.5, 0.6) is 0 Å². The van der Waals surface area contributed by atoms with Gasteiger partial charge >= 0.3 is 0 Å². The molecule has 0 bridgehead atoms. The third kappa shape index (κ3) is 2.50. The number of halogens is 4. The minimum Gasteiger partial charge on any atom is -0.353 e. The SMILES string of the molecule is N#Cc1ccc(Nc2ccc(F)c(F)c2F)cc1F. The van der Waals surface area contributed by atoms with Gasteiger partial charge in [0, 0.05) is 5.69 Å². The molecule has 0 radical (unpaired) electrons. The topological polar surface area (TPSA) is 35.8 Å². The van der Waals surface area contributed by atoms with Crippen LogP contribution in [0.1, 0.15) is 5.56 Å². The number of nitrogens with one attached hydrogen (secondary N) is 1. The molecule has 0 saturated carbocycles. The first kappa shape index (κ1) is 12.9. The van der Waals surface area contributed by atoms with Gasteiger partial charge in [-0.1, -0.05) is 0 Å². The molecule has 0 atom stereocenters. The summed E-state index contributed by atoms with van der Waals surface area (Å²) in [5.41, 5.74) is -0.388. The van der Waals surface area contributed by atoms with E-state index in [1.165, 1.54) is 12.1 Å². The molecule has 0 aliphatic carbocycles. The van der Waals surface area contributed by atoms with Crippen LogP contribution in [0.15, 0.2) is 30.3 Å². The highest BCUT2D eigenvalue weighted by molar-refractivity contribution is 5.61. The average Bonchev–Trinajstić information content (AvgIpc) is 2.40. The van der Waals surface area contributed by atoms with Crippen LogP contribution in [0.25, 0.3) is 0 Å². The monoisotopic (exact) mass is 266 g/mol. The van der Waals surface area contributed by atoms with E-state index >= 15 is 0 Å². The van der Waals surface area contributed by atoms with E-state index in [4.69, 9.17) is 5.26 Å². The summed E-state index contributed by atoms with van der Waals surface area (Å²) in [4.78, 5) is 0. The Balaban J connectivity index is 2.35. The van der Waals surface area contributed by atoms with Crippen LogP contribution < -0.4 is 5.32 Å². The maximum atomic E-state index is 13.4. The fourth-order valence-corrected chi connectivity index (χ4v) is 1.46. The van der Waals surface area contributed by atoms with Gasteiger partial charge in [-0.25, -0.2) is 17.6 Å². The van der Waals surface area contributed by atoms with E-state index in [0.29, 0.717) is 0 Å². The van der Waals surface area contributed by atoms with Crippen LogP contribution >= 0.6 is 0 Å². The van der Waals surface area contributed by atoms with Gasteiger partial charge in [-0.2, -0.15) is 5.26 Å². The molecular formula is C13H6F4N2. The van der Waals surface area contributed by atoms with Crippen molar-refractivity contribution in [3.63, 3.8) is 0 Å². The maximum absolute atomic E-state index is 13.4. The van der Waals surface area contributed by atoms with Crippen molar-refractivity contribution >= 4 is 11.4 Å². The smallest absolute Gasteiger partial charge is 0.196 e. The van der Waals surface area contributed by atoms with E-state index in [-0.39, 0.29) is 16.9 Å². The minimum atomic E-state index is -1.61. The number of hydrogen-bond donors (Lipinski definition) is 1. The zero-order chi connectivity index (χ0) is 14.0. The molecule has 0 unspecified atom stereocenters. The highest BCUT2D eigenvalue weighted by atomic mass is 19.2. The van der Waals surface area contributed by atoms with E-state index in [1.807, 2.05) is 0 Å². The molecule has 0 fully saturated rings. The van der Waals surface area contributed by atoms with Crippen molar-refractivity contribution in [3.8, 4) is 6.07 Å². The molecule has 2 aromatic carbocycles. The van der Waals surface area contributed by atoms with Crippen LogP contribution in [0.3, 0.4) is 0 Å². The van der Waals surface area contributed by atoms with Crippen LogP contribution in [-0.2, 0) is 0 Å². The van der Waals surface area contributed by atoms with Crippen molar-refractivity contribution in [2.45, 2.75) is 0 Å². The van der Waals surface area contributed by atoms with Gasteiger partial charge in [0.15, 0.2) is 17.5 Å². The molecule has 0 spiro atoms. The highest BCUT2D eigenvalue weighted by Crippen LogP contribution is 2.24. The van der Waals surface area contributed by atoms with E-state index in [1.54, 1.807) is 6.07 Å². The second kappa shape index (κ2) is 4.98. The van der Waals surface area contributed by atoms with Crippen molar-refractivity contribution < 1.29 is 17.6 Å². The first-order valence-electron chi connectivity index (χ1n) is 5.13.